The Labute approximate surface area is 238 Å². The number of benzene rings is 1. The molecule has 0 bridgehead atoms. The van der Waals surface area contributed by atoms with E-state index >= 15 is 4.39 Å². The molecule has 1 unspecified atom stereocenters. The van der Waals surface area contributed by atoms with Crippen LogP contribution in [0.25, 0.3) is 0 Å². The number of hydrogen-bond donors (Lipinski definition) is 3. The van der Waals surface area contributed by atoms with Gasteiger partial charge in [-0.1, -0.05) is 18.2 Å². The standard InChI is InChI=1S/C24H31BrFN4O9P/c1-13(2)36-22(33)14(3)30-40(34,39-15-8-6-5-7-9-15)35-11-10-16-19(31)24(4,26)23(37-16)38-21-18(20(27)32)29-17(25)12-28-21/h5-9,12-14,16,19,23,31H,10-11H2,1-4H3,(H2,27,32)(H,30,34)/t14-,16+,19+,23-,24+,40?/m0/s1. The van der Waals surface area contributed by atoms with Gasteiger partial charge in [0, 0.05) is 6.42 Å². The van der Waals surface area contributed by atoms with Gasteiger partial charge in [-0.15, -0.1) is 0 Å². The Bertz CT molecular complexity index is 1240. The highest BCUT2D eigenvalue weighted by Gasteiger charge is 2.56. The minimum Gasteiger partial charge on any atom is -0.462 e. The molecular weight excluding hydrogens is 618 g/mol. The second-order valence-electron chi connectivity index (χ2n) is 9.29. The zero-order chi connectivity index (χ0) is 29.7. The van der Waals surface area contributed by atoms with E-state index in [-0.39, 0.29) is 35.0 Å². The summed E-state index contributed by atoms with van der Waals surface area (Å²) in [4.78, 5) is 31.8. The van der Waals surface area contributed by atoms with Crippen LogP contribution in [0.5, 0.6) is 11.6 Å². The number of primary amides is 1. The highest BCUT2D eigenvalue weighted by molar-refractivity contribution is 9.10. The van der Waals surface area contributed by atoms with Crippen molar-refractivity contribution in [3.05, 3.63) is 46.8 Å². The van der Waals surface area contributed by atoms with Crippen LogP contribution in [0.1, 0.15) is 44.6 Å². The number of hydrogen-bond acceptors (Lipinski definition) is 11. The molecule has 0 radical (unpaired) electrons. The lowest BCUT2D eigenvalue weighted by molar-refractivity contribution is -0.149. The number of esters is 1. The molecule has 1 amide bonds. The maximum absolute atomic E-state index is 15.5. The Morgan fingerprint density at radius 2 is 1.98 bits per heavy atom. The van der Waals surface area contributed by atoms with Crippen molar-refractivity contribution < 1.29 is 46.9 Å². The zero-order valence-electron chi connectivity index (χ0n) is 22.2. The summed E-state index contributed by atoms with van der Waals surface area (Å²) in [5.41, 5.74) is 2.48. The van der Waals surface area contributed by atoms with Gasteiger partial charge in [0.25, 0.3) is 5.91 Å². The number of rotatable bonds is 13. The summed E-state index contributed by atoms with van der Waals surface area (Å²) in [7, 11) is -4.18. The molecule has 0 saturated carbocycles. The molecule has 1 aromatic carbocycles. The average molecular weight is 649 g/mol. The monoisotopic (exact) mass is 648 g/mol. The molecule has 1 saturated heterocycles. The molecule has 220 valence electrons. The largest absolute Gasteiger partial charge is 0.462 e. The molecule has 0 aliphatic carbocycles. The molecule has 1 aromatic heterocycles. The predicted molar refractivity (Wildman–Crippen MR) is 142 cm³/mol. The number of nitrogens with zero attached hydrogens (tertiary/aromatic N) is 2. The molecule has 2 aromatic rings. The molecule has 2 heterocycles. The van der Waals surface area contributed by atoms with E-state index in [9.17, 15) is 19.3 Å². The minimum absolute atomic E-state index is 0.163. The summed E-state index contributed by atoms with van der Waals surface area (Å²) in [6.07, 6.45) is -3.94. The van der Waals surface area contributed by atoms with Crippen molar-refractivity contribution in [2.75, 3.05) is 6.61 Å². The van der Waals surface area contributed by atoms with Gasteiger partial charge in [0.2, 0.25) is 12.2 Å². The van der Waals surface area contributed by atoms with Gasteiger partial charge in [-0.05, 0) is 55.8 Å². The highest BCUT2D eigenvalue weighted by atomic mass is 79.9. The van der Waals surface area contributed by atoms with Crippen LogP contribution in [-0.4, -0.2) is 69.9 Å². The molecule has 4 N–H and O–H groups in total. The summed E-state index contributed by atoms with van der Waals surface area (Å²) in [5, 5.41) is 13.1. The summed E-state index contributed by atoms with van der Waals surface area (Å²) < 4.78 is 56.5. The summed E-state index contributed by atoms with van der Waals surface area (Å²) in [5.74, 6) is -1.84. The number of aliphatic hydroxyl groups excluding tert-OH is 1. The van der Waals surface area contributed by atoms with E-state index in [1.54, 1.807) is 44.2 Å². The van der Waals surface area contributed by atoms with Crippen LogP contribution < -0.4 is 20.1 Å². The maximum atomic E-state index is 15.5. The normalized spacial score (nSPS) is 24.8. The minimum atomic E-state index is -4.18. The van der Waals surface area contributed by atoms with Gasteiger partial charge < -0.3 is 29.6 Å². The van der Waals surface area contributed by atoms with Gasteiger partial charge in [-0.3, -0.25) is 14.1 Å². The van der Waals surface area contributed by atoms with Crippen molar-refractivity contribution in [3.8, 4) is 11.6 Å². The Morgan fingerprint density at radius 3 is 2.60 bits per heavy atom. The van der Waals surface area contributed by atoms with Crippen molar-refractivity contribution in [3.63, 3.8) is 0 Å². The number of halogens is 2. The van der Waals surface area contributed by atoms with Gasteiger partial charge in [0.1, 0.15) is 22.5 Å². The number of nitrogens with two attached hydrogens (primary N) is 1. The van der Waals surface area contributed by atoms with Crippen molar-refractivity contribution in [1.82, 2.24) is 15.1 Å². The molecule has 3 rings (SSSR count). The van der Waals surface area contributed by atoms with Crippen molar-refractivity contribution in [1.29, 1.82) is 0 Å². The van der Waals surface area contributed by atoms with Crippen LogP contribution in [0.15, 0.2) is 41.1 Å². The zero-order valence-corrected chi connectivity index (χ0v) is 24.6. The van der Waals surface area contributed by atoms with Crippen LogP contribution in [-0.2, 0) is 23.4 Å². The summed E-state index contributed by atoms with van der Waals surface area (Å²) in [6.45, 7) is 5.47. The van der Waals surface area contributed by atoms with Gasteiger partial charge in [-0.2, -0.15) is 5.09 Å². The smallest absolute Gasteiger partial charge is 0.459 e. The second kappa shape index (κ2) is 13.3. The lowest BCUT2D eigenvalue weighted by Crippen LogP contribution is -2.44. The number of carbonyl (C=O) groups excluding carboxylic acids is 2. The van der Waals surface area contributed by atoms with E-state index in [0.29, 0.717) is 0 Å². The first-order valence-electron chi connectivity index (χ1n) is 12.2. The number of carbonyl (C=O) groups is 2. The number of aromatic nitrogens is 2. The Morgan fingerprint density at radius 1 is 1.30 bits per heavy atom. The number of ether oxygens (including phenoxy) is 3. The molecule has 16 heteroatoms. The number of para-hydroxylation sites is 1. The number of aliphatic hydroxyl groups is 1. The molecule has 13 nitrogen and oxygen atoms in total. The van der Waals surface area contributed by atoms with E-state index in [1.807, 2.05) is 0 Å². The molecule has 40 heavy (non-hydrogen) atoms. The molecule has 6 atom stereocenters. The lowest BCUT2D eigenvalue weighted by Gasteiger charge is -2.24. The van der Waals surface area contributed by atoms with E-state index in [0.717, 1.165) is 6.92 Å². The van der Waals surface area contributed by atoms with Crippen LogP contribution in [0.4, 0.5) is 4.39 Å². The third-order valence-electron chi connectivity index (χ3n) is 5.54. The highest BCUT2D eigenvalue weighted by Crippen LogP contribution is 2.46. The fourth-order valence-corrected chi connectivity index (χ4v) is 5.35. The topological polar surface area (TPSA) is 181 Å². The van der Waals surface area contributed by atoms with Crippen LogP contribution in [0.2, 0.25) is 0 Å². The van der Waals surface area contributed by atoms with Crippen LogP contribution in [0, 0.1) is 0 Å². The SMILES string of the molecule is CC(C)OC(=O)[C@H](C)NP(=O)(OCC[C@H]1O[C@@H](Oc2ncc(Br)nc2C(N)=O)[C@](C)(F)[C@@H]1O)Oc1ccccc1. The van der Waals surface area contributed by atoms with Crippen LogP contribution >= 0.6 is 23.7 Å². The first kappa shape index (κ1) is 31.8. The average Bonchev–Trinajstić information content (AvgIpc) is 3.08. The third kappa shape index (κ3) is 8.18. The molecule has 1 fully saturated rings. The summed E-state index contributed by atoms with van der Waals surface area (Å²) >= 11 is 3.06. The van der Waals surface area contributed by atoms with Gasteiger partial charge in [-0.25, -0.2) is 18.9 Å². The predicted octanol–water partition coefficient (Wildman–Crippen LogP) is 3.05. The first-order valence-corrected chi connectivity index (χ1v) is 14.5. The van der Waals surface area contributed by atoms with E-state index in [2.05, 4.69) is 31.0 Å². The Kier molecular flexibility index (Phi) is 10.6. The molecule has 1 aliphatic rings. The molecule has 1 aliphatic heterocycles. The number of amides is 1. The van der Waals surface area contributed by atoms with Gasteiger partial charge in [0.05, 0.1) is 25.0 Å². The van der Waals surface area contributed by atoms with E-state index in [4.69, 9.17) is 29.0 Å². The van der Waals surface area contributed by atoms with Gasteiger partial charge in [0.15, 0.2) is 11.4 Å². The lowest BCUT2D eigenvalue weighted by atomic mass is 9.98. The van der Waals surface area contributed by atoms with E-state index < -0.39 is 55.9 Å². The van der Waals surface area contributed by atoms with E-state index in [1.165, 1.54) is 13.1 Å². The number of alkyl halides is 1. The molecule has 0 spiro atoms. The number of nitrogens with one attached hydrogen (secondary N) is 1. The maximum Gasteiger partial charge on any atom is 0.459 e. The van der Waals surface area contributed by atoms with Crippen molar-refractivity contribution >= 4 is 35.6 Å². The van der Waals surface area contributed by atoms with Gasteiger partial charge >= 0.3 is 13.7 Å². The fraction of sp³-hybridized carbons (Fsp3) is 0.500. The first-order chi connectivity index (χ1) is 18.7. The Balaban J connectivity index is 1.69. The van der Waals surface area contributed by atoms with Crippen molar-refractivity contribution in [2.24, 2.45) is 5.73 Å². The fourth-order valence-electron chi connectivity index (χ4n) is 3.57. The second-order valence-corrected chi connectivity index (χ2v) is 11.8. The third-order valence-corrected chi connectivity index (χ3v) is 7.60. The quantitative estimate of drug-likeness (QED) is 0.214. The Hall–Kier alpha value is -2.68. The molecular formula is C24H31BrFN4O9P. The van der Waals surface area contributed by atoms with Crippen molar-refractivity contribution in [2.45, 2.75) is 70.4 Å². The summed E-state index contributed by atoms with van der Waals surface area (Å²) in [6, 6.07) is 7.05. The van der Waals surface area contributed by atoms with Crippen LogP contribution in [0.3, 0.4) is 0 Å².